The van der Waals surface area contributed by atoms with Gasteiger partial charge in [-0.3, -0.25) is 4.98 Å². The summed E-state index contributed by atoms with van der Waals surface area (Å²) in [5.74, 6) is 0. The van der Waals surface area contributed by atoms with Gasteiger partial charge in [0.2, 0.25) is 0 Å². The third-order valence-corrected chi connectivity index (χ3v) is 3.44. The fraction of sp³-hybridized carbons (Fsp3) is 0.118. The predicted octanol–water partition coefficient (Wildman–Crippen LogP) is 3.00. The molecule has 0 amide bonds. The van der Waals surface area contributed by atoms with Crippen molar-refractivity contribution in [3.63, 3.8) is 0 Å². The maximum Gasteiger partial charge on any atom is 0.110 e. The molecule has 20 heavy (non-hydrogen) atoms. The first kappa shape index (κ1) is 12.8. The van der Waals surface area contributed by atoms with Crippen molar-refractivity contribution in [2.75, 3.05) is 0 Å². The zero-order chi connectivity index (χ0) is 13.9. The molecule has 100 valence electrons. The highest BCUT2D eigenvalue weighted by Gasteiger charge is 2.21. The van der Waals surface area contributed by atoms with E-state index in [-0.39, 0.29) is 0 Å². The Hall–Kier alpha value is -2.23. The van der Waals surface area contributed by atoms with Crippen molar-refractivity contribution in [3.05, 3.63) is 78.0 Å². The molecule has 1 aromatic heterocycles. The highest BCUT2D eigenvalue weighted by molar-refractivity contribution is 5.82. The van der Waals surface area contributed by atoms with Crippen LogP contribution in [-0.4, -0.2) is 15.2 Å². The van der Waals surface area contributed by atoms with Crippen LogP contribution in [0.25, 0.3) is 10.9 Å². The largest absolute Gasteiger partial charge is 0.385 e. The lowest BCUT2D eigenvalue weighted by molar-refractivity contribution is 0.0181. The number of rotatable bonds is 3. The van der Waals surface area contributed by atoms with Crippen molar-refractivity contribution in [3.8, 4) is 0 Å². The van der Waals surface area contributed by atoms with E-state index in [1.165, 1.54) is 0 Å². The summed E-state index contributed by atoms with van der Waals surface area (Å²) in [6, 6.07) is 18.4. The highest BCUT2D eigenvalue weighted by Crippen LogP contribution is 2.32. The lowest BCUT2D eigenvalue weighted by atomic mass is 9.95. The third-order valence-electron chi connectivity index (χ3n) is 3.44. The Bertz CT molecular complexity index is 707. The van der Waals surface area contributed by atoms with Gasteiger partial charge < -0.3 is 10.2 Å². The van der Waals surface area contributed by atoms with Crippen molar-refractivity contribution in [2.45, 2.75) is 12.2 Å². The third kappa shape index (κ3) is 2.29. The first-order chi connectivity index (χ1) is 9.77. The van der Waals surface area contributed by atoms with Gasteiger partial charge in [0.15, 0.2) is 0 Å². The molecular weight excluding hydrogens is 250 g/mol. The van der Waals surface area contributed by atoms with Crippen LogP contribution in [0.3, 0.4) is 0 Å². The van der Waals surface area contributed by atoms with Gasteiger partial charge in [0.25, 0.3) is 0 Å². The predicted molar refractivity (Wildman–Crippen MR) is 78.1 cm³/mol. The second-order valence-electron chi connectivity index (χ2n) is 4.72. The van der Waals surface area contributed by atoms with Crippen LogP contribution in [0.1, 0.15) is 23.3 Å². The zero-order valence-electron chi connectivity index (χ0n) is 10.8. The van der Waals surface area contributed by atoms with E-state index >= 15 is 0 Å². The lowest BCUT2D eigenvalue weighted by Crippen LogP contribution is -2.10. The normalized spacial score (nSPS) is 14.1. The van der Waals surface area contributed by atoms with Crippen LogP contribution in [0.5, 0.6) is 0 Å². The summed E-state index contributed by atoms with van der Waals surface area (Å²) < 4.78 is 0. The molecule has 1 heterocycles. The second-order valence-corrected chi connectivity index (χ2v) is 4.72. The molecule has 0 saturated carbocycles. The minimum Gasteiger partial charge on any atom is -0.385 e. The molecule has 0 spiro atoms. The Morgan fingerprint density at radius 2 is 1.55 bits per heavy atom. The molecule has 0 bridgehead atoms. The Labute approximate surface area is 117 Å². The number of aliphatic hydroxyl groups excluding tert-OH is 2. The number of aromatic nitrogens is 1. The fourth-order valence-corrected chi connectivity index (χ4v) is 2.39. The average Bonchev–Trinajstić information content (AvgIpc) is 2.54. The van der Waals surface area contributed by atoms with E-state index < -0.39 is 12.2 Å². The molecule has 0 saturated heterocycles. The monoisotopic (exact) mass is 265 g/mol. The Kier molecular flexibility index (Phi) is 3.46. The van der Waals surface area contributed by atoms with Crippen LogP contribution in [0.4, 0.5) is 0 Å². The molecule has 0 fully saturated rings. The fourth-order valence-electron chi connectivity index (χ4n) is 2.39. The Morgan fingerprint density at radius 3 is 2.35 bits per heavy atom. The maximum atomic E-state index is 10.5. The van der Waals surface area contributed by atoms with E-state index in [4.69, 9.17) is 0 Å². The summed E-state index contributed by atoms with van der Waals surface area (Å²) in [4.78, 5) is 4.26. The number of hydrogen-bond acceptors (Lipinski definition) is 3. The van der Waals surface area contributed by atoms with Gasteiger partial charge in [-0.05, 0) is 23.3 Å². The molecule has 3 nitrogen and oxygen atoms in total. The number of fused-ring (bicyclic) bond motifs is 1. The molecule has 0 radical (unpaired) electrons. The summed E-state index contributed by atoms with van der Waals surface area (Å²) in [6.07, 6.45) is -0.223. The van der Waals surface area contributed by atoms with Gasteiger partial charge in [-0.25, -0.2) is 0 Å². The Morgan fingerprint density at radius 1 is 0.750 bits per heavy atom. The number of hydrogen-bond donors (Lipinski definition) is 2. The molecule has 2 atom stereocenters. The molecule has 2 N–H and O–H groups in total. The van der Waals surface area contributed by atoms with E-state index in [0.717, 1.165) is 10.9 Å². The van der Waals surface area contributed by atoms with Crippen LogP contribution in [0.15, 0.2) is 66.9 Å². The molecule has 0 aliphatic rings. The van der Waals surface area contributed by atoms with E-state index in [9.17, 15) is 10.2 Å². The molecule has 0 aliphatic heterocycles. The minimum absolute atomic E-state index is 0.687. The lowest BCUT2D eigenvalue weighted by Gasteiger charge is -2.19. The number of nitrogens with zero attached hydrogens (tertiary/aromatic N) is 1. The summed E-state index contributed by atoms with van der Waals surface area (Å²) in [7, 11) is 0. The van der Waals surface area contributed by atoms with Crippen molar-refractivity contribution < 1.29 is 10.2 Å². The van der Waals surface area contributed by atoms with Gasteiger partial charge in [-0.1, -0.05) is 48.5 Å². The van der Waals surface area contributed by atoms with E-state index in [1.807, 2.05) is 48.5 Å². The van der Waals surface area contributed by atoms with Gasteiger partial charge in [-0.2, -0.15) is 0 Å². The number of pyridine rings is 1. The molecule has 2 aromatic carbocycles. The minimum atomic E-state index is -0.981. The summed E-state index contributed by atoms with van der Waals surface area (Å²) in [5, 5.41) is 21.7. The van der Waals surface area contributed by atoms with Crippen LogP contribution < -0.4 is 0 Å². The number of benzene rings is 2. The van der Waals surface area contributed by atoms with Crippen LogP contribution in [-0.2, 0) is 0 Å². The number of aliphatic hydroxyl groups is 2. The molecule has 2 unspecified atom stereocenters. The van der Waals surface area contributed by atoms with Gasteiger partial charge >= 0.3 is 0 Å². The summed E-state index contributed by atoms with van der Waals surface area (Å²) in [5.41, 5.74) is 2.19. The molecule has 3 rings (SSSR count). The summed E-state index contributed by atoms with van der Waals surface area (Å²) >= 11 is 0. The zero-order valence-corrected chi connectivity index (χ0v) is 10.8. The molecule has 0 aliphatic carbocycles. The van der Waals surface area contributed by atoms with Gasteiger partial charge in [0, 0.05) is 11.6 Å². The van der Waals surface area contributed by atoms with E-state index in [1.54, 1.807) is 18.3 Å². The molecular formula is C17H15NO2. The van der Waals surface area contributed by atoms with Gasteiger partial charge in [-0.15, -0.1) is 0 Å². The van der Waals surface area contributed by atoms with Crippen LogP contribution >= 0.6 is 0 Å². The highest BCUT2D eigenvalue weighted by atomic mass is 16.3. The SMILES string of the molecule is OC(c1ccccc1)C(O)c1cccc2ncccc12. The van der Waals surface area contributed by atoms with Crippen LogP contribution in [0.2, 0.25) is 0 Å². The van der Waals surface area contributed by atoms with E-state index in [0.29, 0.717) is 11.1 Å². The average molecular weight is 265 g/mol. The Balaban J connectivity index is 2.03. The smallest absolute Gasteiger partial charge is 0.110 e. The van der Waals surface area contributed by atoms with Crippen molar-refractivity contribution >= 4 is 10.9 Å². The van der Waals surface area contributed by atoms with Crippen molar-refractivity contribution in [1.29, 1.82) is 0 Å². The topological polar surface area (TPSA) is 53.4 Å². The van der Waals surface area contributed by atoms with Crippen molar-refractivity contribution in [2.24, 2.45) is 0 Å². The maximum absolute atomic E-state index is 10.5. The summed E-state index contributed by atoms with van der Waals surface area (Å²) in [6.45, 7) is 0. The van der Waals surface area contributed by atoms with Gasteiger partial charge in [0.1, 0.15) is 12.2 Å². The molecule has 3 heteroatoms. The molecule has 3 aromatic rings. The van der Waals surface area contributed by atoms with Crippen LogP contribution in [0, 0.1) is 0 Å². The first-order valence-electron chi connectivity index (χ1n) is 6.52. The quantitative estimate of drug-likeness (QED) is 0.765. The van der Waals surface area contributed by atoms with Crippen molar-refractivity contribution in [1.82, 2.24) is 4.98 Å². The standard InChI is InChI=1S/C17H15NO2/c19-16(12-6-2-1-3-7-12)17(20)14-8-4-10-15-13(14)9-5-11-18-15/h1-11,16-17,19-20H. The second kappa shape index (κ2) is 5.41. The van der Waals surface area contributed by atoms with E-state index in [2.05, 4.69) is 4.98 Å². The van der Waals surface area contributed by atoms with Gasteiger partial charge in [0.05, 0.1) is 5.52 Å². The first-order valence-corrected chi connectivity index (χ1v) is 6.52.